The van der Waals surface area contributed by atoms with Crippen LogP contribution in [0.1, 0.15) is 0 Å². The Morgan fingerprint density at radius 2 is 0.818 bits per heavy atom. The number of pyridine rings is 1. The Morgan fingerprint density at radius 3 is 1.42 bits per heavy atom. The highest BCUT2D eigenvalue weighted by Crippen LogP contribution is 2.50. The van der Waals surface area contributed by atoms with E-state index in [9.17, 15) is 0 Å². The van der Waals surface area contributed by atoms with Crippen LogP contribution in [0.5, 0.6) is 0 Å². The van der Waals surface area contributed by atoms with Gasteiger partial charge in [0, 0.05) is 48.2 Å². The largest absolute Gasteiger partial charge is 0.247 e. The molecule has 3 aromatic heterocycles. The lowest BCUT2D eigenvalue weighted by Crippen LogP contribution is -1.95. The minimum atomic E-state index is 0.711. The first-order valence-electron chi connectivity index (χ1n) is 18.4. The summed E-state index contributed by atoms with van der Waals surface area (Å²) in [6.07, 6.45) is 0. The van der Waals surface area contributed by atoms with Crippen LogP contribution in [0.3, 0.4) is 0 Å². The molecule has 4 heteroatoms. The summed E-state index contributed by atoms with van der Waals surface area (Å²) < 4.78 is 1.24. The number of aromatic nitrogens is 3. The zero-order valence-electron chi connectivity index (χ0n) is 29.8. The fourth-order valence-corrected chi connectivity index (χ4v) is 8.75. The van der Waals surface area contributed by atoms with E-state index in [1.807, 2.05) is 47.7 Å². The van der Waals surface area contributed by atoms with E-state index in [-0.39, 0.29) is 0 Å². The zero-order valence-corrected chi connectivity index (χ0v) is 30.6. The van der Waals surface area contributed by atoms with E-state index in [2.05, 4.69) is 164 Å². The highest BCUT2D eigenvalue weighted by Gasteiger charge is 2.23. The SMILES string of the molecule is c1ccc(-c2cc(-c3ccc(-c4ccc5nc(-c6ccccc6)c6c(-c7ccccc7)c(-c7ccccc7)sc6c5c4)cc3)nc(-c3ccccc3)n2)cc1. The van der Waals surface area contributed by atoms with Crippen LogP contribution < -0.4 is 0 Å². The average Bonchev–Trinajstić information content (AvgIpc) is 3.69. The molecule has 0 fully saturated rings. The molecule has 0 amide bonds. The second-order valence-electron chi connectivity index (χ2n) is 13.6. The number of benzene rings is 7. The smallest absolute Gasteiger partial charge is 0.160 e. The Morgan fingerprint density at radius 1 is 0.345 bits per heavy atom. The third kappa shape index (κ3) is 6.19. The maximum Gasteiger partial charge on any atom is 0.160 e. The summed E-state index contributed by atoms with van der Waals surface area (Å²) in [7, 11) is 0. The normalized spacial score (nSPS) is 11.3. The van der Waals surface area contributed by atoms with E-state index in [1.165, 1.54) is 31.7 Å². The molecule has 0 radical (unpaired) electrons. The van der Waals surface area contributed by atoms with Gasteiger partial charge in [0.15, 0.2) is 5.82 Å². The first kappa shape index (κ1) is 32.6. The highest BCUT2D eigenvalue weighted by atomic mass is 32.1. The first-order chi connectivity index (χ1) is 27.3. The molecule has 258 valence electrons. The molecule has 0 saturated carbocycles. The van der Waals surface area contributed by atoms with Gasteiger partial charge < -0.3 is 0 Å². The molecular formula is C51H33N3S. The number of hydrogen-bond acceptors (Lipinski definition) is 4. The number of hydrogen-bond donors (Lipinski definition) is 0. The standard InChI is InChI=1S/C51H33N3S/c1-6-16-35(17-7-1)44-33-45(54-51(53-44)40-24-14-5-15-25-40)36-28-26-34(27-29-36)41-30-31-43-42(32-41)50-47(48(52-43)38-20-10-3-11-21-38)46(37-18-8-2-9-19-37)49(55-50)39-22-12-4-13-23-39/h1-33H. The van der Waals surface area contributed by atoms with Crippen molar-refractivity contribution in [3.63, 3.8) is 0 Å². The molecule has 3 nitrogen and oxygen atoms in total. The van der Waals surface area contributed by atoms with Gasteiger partial charge in [-0.3, -0.25) is 0 Å². The molecule has 0 aliphatic carbocycles. The van der Waals surface area contributed by atoms with Crippen molar-refractivity contribution >= 4 is 32.3 Å². The number of thiophene rings is 1. The van der Waals surface area contributed by atoms with Gasteiger partial charge in [-0.25, -0.2) is 15.0 Å². The Labute approximate surface area is 323 Å². The van der Waals surface area contributed by atoms with Gasteiger partial charge in [-0.15, -0.1) is 11.3 Å². The second kappa shape index (κ2) is 14.1. The number of nitrogens with zero attached hydrogens (tertiary/aromatic N) is 3. The Bertz CT molecular complexity index is 2870. The molecule has 0 aliphatic heterocycles. The fraction of sp³-hybridized carbons (Fsp3) is 0. The summed E-state index contributed by atoms with van der Waals surface area (Å²) >= 11 is 1.86. The van der Waals surface area contributed by atoms with Crippen LogP contribution >= 0.6 is 11.3 Å². The molecule has 0 aliphatic rings. The van der Waals surface area contributed by atoms with Gasteiger partial charge in [0.1, 0.15) is 0 Å². The van der Waals surface area contributed by atoms with E-state index < -0.39 is 0 Å². The molecule has 0 saturated heterocycles. The third-order valence-corrected chi connectivity index (χ3v) is 11.4. The van der Waals surface area contributed by atoms with E-state index >= 15 is 0 Å². The van der Waals surface area contributed by atoms with E-state index in [0.717, 1.165) is 61.4 Å². The van der Waals surface area contributed by atoms with Gasteiger partial charge in [-0.05, 0) is 40.5 Å². The summed E-state index contributed by atoms with van der Waals surface area (Å²) in [5.41, 5.74) is 13.9. The predicted octanol–water partition coefficient (Wildman–Crippen LogP) is 13.9. The number of rotatable bonds is 7. The van der Waals surface area contributed by atoms with Crippen LogP contribution in [-0.2, 0) is 0 Å². The highest BCUT2D eigenvalue weighted by molar-refractivity contribution is 7.24. The van der Waals surface area contributed by atoms with E-state index in [1.54, 1.807) is 0 Å². The molecule has 0 N–H and O–H groups in total. The van der Waals surface area contributed by atoms with Gasteiger partial charge in [-0.2, -0.15) is 0 Å². The van der Waals surface area contributed by atoms with Crippen molar-refractivity contribution in [1.29, 1.82) is 0 Å². The minimum absolute atomic E-state index is 0.711. The number of fused-ring (bicyclic) bond motifs is 3. The van der Waals surface area contributed by atoms with E-state index in [4.69, 9.17) is 15.0 Å². The molecule has 55 heavy (non-hydrogen) atoms. The van der Waals surface area contributed by atoms with Crippen molar-refractivity contribution in [2.24, 2.45) is 0 Å². The topological polar surface area (TPSA) is 38.7 Å². The van der Waals surface area contributed by atoms with Crippen LogP contribution in [0.25, 0.3) is 98.8 Å². The van der Waals surface area contributed by atoms with Crippen molar-refractivity contribution in [2.45, 2.75) is 0 Å². The zero-order chi connectivity index (χ0) is 36.6. The van der Waals surface area contributed by atoms with Gasteiger partial charge >= 0.3 is 0 Å². The maximum atomic E-state index is 5.41. The van der Waals surface area contributed by atoms with Gasteiger partial charge in [-0.1, -0.05) is 182 Å². The van der Waals surface area contributed by atoms with Crippen LogP contribution in [-0.4, -0.2) is 15.0 Å². The molecular weight excluding hydrogens is 687 g/mol. The molecule has 7 aromatic carbocycles. The molecule has 0 unspecified atom stereocenters. The van der Waals surface area contributed by atoms with Gasteiger partial charge in [0.25, 0.3) is 0 Å². The summed E-state index contributed by atoms with van der Waals surface area (Å²) in [4.78, 5) is 16.7. The van der Waals surface area contributed by atoms with Crippen LogP contribution in [0, 0.1) is 0 Å². The van der Waals surface area contributed by atoms with Crippen LogP contribution in [0.2, 0.25) is 0 Å². The van der Waals surface area contributed by atoms with Crippen LogP contribution in [0.4, 0.5) is 0 Å². The minimum Gasteiger partial charge on any atom is -0.247 e. The van der Waals surface area contributed by atoms with Crippen molar-refractivity contribution < 1.29 is 0 Å². The molecule has 10 aromatic rings. The average molecular weight is 720 g/mol. The monoisotopic (exact) mass is 719 g/mol. The third-order valence-electron chi connectivity index (χ3n) is 10.1. The molecule has 0 atom stereocenters. The fourth-order valence-electron chi connectivity index (χ4n) is 7.40. The Kier molecular flexibility index (Phi) is 8.36. The molecule has 3 heterocycles. The maximum absolute atomic E-state index is 5.41. The van der Waals surface area contributed by atoms with Gasteiger partial charge in [0.2, 0.25) is 0 Å². The summed E-state index contributed by atoms with van der Waals surface area (Å²) in [6, 6.07) is 70.1. The summed E-state index contributed by atoms with van der Waals surface area (Å²) in [5.74, 6) is 0.711. The summed E-state index contributed by atoms with van der Waals surface area (Å²) in [6.45, 7) is 0. The van der Waals surface area contributed by atoms with Crippen LogP contribution in [0.15, 0.2) is 200 Å². The lowest BCUT2D eigenvalue weighted by Gasteiger charge is -2.12. The van der Waals surface area contributed by atoms with E-state index in [0.29, 0.717) is 5.82 Å². The quantitative estimate of drug-likeness (QED) is 0.165. The first-order valence-corrected chi connectivity index (χ1v) is 19.3. The summed E-state index contributed by atoms with van der Waals surface area (Å²) in [5, 5.41) is 2.34. The molecule has 10 rings (SSSR count). The van der Waals surface area contributed by atoms with Crippen molar-refractivity contribution in [2.75, 3.05) is 0 Å². The lowest BCUT2D eigenvalue weighted by molar-refractivity contribution is 1.18. The van der Waals surface area contributed by atoms with Crippen molar-refractivity contribution in [1.82, 2.24) is 15.0 Å². The van der Waals surface area contributed by atoms with Crippen molar-refractivity contribution in [3.05, 3.63) is 200 Å². The lowest BCUT2D eigenvalue weighted by atomic mass is 9.94. The Balaban J connectivity index is 1.13. The van der Waals surface area contributed by atoms with Crippen molar-refractivity contribution in [3.8, 4) is 77.9 Å². The predicted molar refractivity (Wildman–Crippen MR) is 231 cm³/mol. The second-order valence-corrected chi connectivity index (χ2v) is 14.6. The molecule has 0 spiro atoms. The van der Waals surface area contributed by atoms with Gasteiger partial charge in [0.05, 0.1) is 22.6 Å². The molecule has 0 bridgehead atoms. The Hall–Kier alpha value is -7.01.